The molecule has 0 nitrogen and oxygen atoms in total. The first-order valence-electron chi connectivity index (χ1n) is 6.32. The third kappa shape index (κ3) is 2.65. The van der Waals surface area contributed by atoms with Crippen LogP contribution in [0.25, 0.3) is 11.1 Å². The molecule has 2 aromatic carbocycles. The smallest absolute Gasteiger partial charge is 0.0296 e. The molecule has 0 saturated carbocycles. The van der Waals surface area contributed by atoms with Crippen molar-refractivity contribution in [1.29, 1.82) is 0 Å². The van der Waals surface area contributed by atoms with Gasteiger partial charge in [0, 0.05) is 27.1 Å². The van der Waals surface area contributed by atoms with Crippen molar-refractivity contribution in [2.24, 2.45) is 0 Å². The summed E-state index contributed by atoms with van der Waals surface area (Å²) < 4.78 is 0. The summed E-state index contributed by atoms with van der Waals surface area (Å²) in [7, 11) is 0. The van der Waals surface area contributed by atoms with Gasteiger partial charge in [0.25, 0.3) is 0 Å². The predicted molar refractivity (Wildman–Crippen MR) is 77.5 cm³/mol. The Bertz CT molecular complexity index is 597. The fourth-order valence-electron chi connectivity index (χ4n) is 2.57. The van der Waals surface area contributed by atoms with Gasteiger partial charge in [0.1, 0.15) is 0 Å². The van der Waals surface area contributed by atoms with E-state index in [1.165, 1.54) is 16.7 Å². The van der Waals surface area contributed by atoms with Gasteiger partial charge in [-0.3, -0.25) is 0 Å². The maximum Gasteiger partial charge on any atom is 0.0296 e. The second-order valence-electron chi connectivity index (χ2n) is 4.91. The molecule has 0 saturated heterocycles. The first kappa shape index (κ1) is 14.1. The number of benzene rings is 2. The van der Waals surface area contributed by atoms with Crippen molar-refractivity contribution in [1.82, 2.24) is 0 Å². The van der Waals surface area contributed by atoms with E-state index < -0.39 is 0 Å². The van der Waals surface area contributed by atoms with Crippen molar-refractivity contribution in [3.05, 3.63) is 84.5 Å². The van der Waals surface area contributed by atoms with Crippen molar-refractivity contribution >= 4 is 0 Å². The molecular weight excluding hydrogens is 264 g/mol. The standard InChI is InChI=1S/C18H16.Ti/c1-18(13-7-8-14-18)17-12-6-5-11-16(17)15-9-3-2-4-10-15;/h2-14H,1H3;. The molecule has 0 bridgehead atoms. The van der Waals surface area contributed by atoms with Crippen molar-refractivity contribution in [3.63, 3.8) is 0 Å². The van der Waals surface area contributed by atoms with Crippen LogP contribution in [0, 0.1) is 0 Å². The zero-order valence-electron chi connectivity index (χ0n) is 11.0. The second-order valence-corrected chi connectivity index (χ2v) is 4.91. The molecule has 0 fully saturated rings. The van der Waals surface area contributed by atoms with Crippen molar-refractivity contribution in [2.45, 2.75) is 12.3 Å². The van der Waals surface area contributed by atoms with Crippen LogP contribution in [0.2, 0.25) is 0 Å². The van der Waals surface area contributed by atoms with Gasteiger partial charge in [0.15, 0.2) is 0 Å². The first-order valence-corrected chi connectivity index (χ1v) is 6.32. The average Bonchev–Trinajstić information content (AvgIpc) is 2.88. The van der Waals surface area contributed by atoms with Crippen LogP contribution in [0.4, 0.5) is 0 Å². The summed E-state index contributed by atoms with van der Waals surface area (Å²) in [5.74, 6) is 0. The molecule has 0 spiro atoms. The fourth-order valence-corrected chi connectivity index (χ4v) is 2.57. The number of allylic oxidation sites excluding steroid dienone is 4. The fraction of sp³-hybridized carbons (Fsp3) is 0.111. The number of hydrogen-bond donors (Lipinski definition) is 0. The molecule has 1 heteroatoms. The van der Waals surface area contributed by atoms with Gasteiger partial charge in [0.05, 0.1) is 0 Å². The Morgan fingerprint density at radius 3 is 2.00 bits per heavy atom. The van der Waals surface area contributed by atoms with E-state index in [2.05, 4.69) is 85.8 Å². The molecule has 0 aliphatic heterocycles. The zero-order valence-corrected chi connectivity index (χ0v) is 12.6. The summed E-state index contributed by atoms with van der Waals surface area (Å²) in [5, 5.41) is 0. The van der Waals surface area contributed by atoms with Crippen molar-refractivity contribution in [3.8, 4) is 11.1 Å². The van der Waals surface area contributed by atoms with E-state index in [0.717, 1.165) is 0 Å². The van der Waals surface area contributed by atoms with Gasteiger partial charge in [-0.05, 0) is 23.6 Å². The van der Waals surface area contributed by atoms with E-state index in [0.29, 0.717) is 0 Å². The van der Waals surface area contributed by atoms with Crippen LogP contribution in [-0.4, -0.2) is 0 Å². The molecule has 0 radical (unpaired) electrons. The van der Waals surface area contributed by atoms with Crippen LogP contribution in [-0.2, 0) is 27.1 Å². The first-order chi connectivity index (χ1) is 8.80. The normalized spacial score (nSPS) is 15.2. The van der Waals surface area contributed by atoms with Gasteiger partial charge in [-0.25, -0.2) is 0 Å². The van der Waals surface area contributed by atoms with Gasteiger partial charge in [0.2, 0.25) is 0 Å². The molecule has 19 heavy (non-hydrogen) atoms. The van der Waals surface area contributed by atoms with Crippen LogP contribution in [0.1, 0.15) is 12.5 Å². The molecular formula is C18H16Ti. The molecule has 0 unspecified atom stereocenters. The maximum atomic E-state index is 2.26. The molecule has 1 aliphatic rings. The summed E-state index contributed by atoms with van der Waals surface area (Å²) >= 11 is 0. The Labute approximate surface area is 129 Å². The topological polar surface area (TPSA) is 0 Å². The minimum atomic E-state index is 0. The maximum absolute atomic E-state index is 2.26. The van der Waals surface area contributed by atoms with Gasteiger partial charge in [-0.1, -0.05) is 78.9 Å². The van der Waals surface area contributed by atoms with Gasteiger partial charge in [-0.15, -0.1) is 0 Å². The molecule has 0 heterocycles. The van der Waals surface area contributed by atoms with E-state index in [9.17, 15) is 0 Å². The Kier molecular flexibility index (Phi) is 4.24. The van der Waals surface area contributed by atoms with E-state index in [4.69, 9.17) is 0 Å². The molecule has 0 amide bonds. The monoisotopic (exact) mass is 280 g/mol. The molecule has 3 rings (SSSR count). The third-order valence-corrected chi connectivity index (χ3v) is 3.59. The minimum Gasteiger partial charge on any atom is -0.0704 e. The predicted octanol–water partition coefficient (Wildman–Crippen LogP) is 4.73. The summed E-state index contributed by atoms with van der Waals surface area (Å²) in [6.07, 6.45) is 8.77. The Hall–Kier alpha value is -1.37. The third-order valence-electron chi connectivity index (χ3n) is 3.59. The van der Waals surface area contributed by atoms with Gasteiger partial charge < -0.3 is 0 Å². The van der Waals surface area contributed by atoms with Gasteiger partial charge >= 0.3 is 0 Å². The Morgan fingerprint density at radius 1 is 0.737 bits per heavy atom. The molecule has 92 valence electrons. The largest absolute Gasteiger partial charge is 0.0704 e. The van der Waals surface area contributed by atoms with Crippen LogP contribution in [0.5, 0.6) is 0 Å². The minimum absolute atomic E-state index is 0. The number of rotatable bonds is 2. The molecule has 2 aromatic rings. The van der Waals surface area contributed by atoms with E-state index in [-0.39, 0.29) is 27.1 Å². The van der Waals surface area contributed by atoms with Crippen molar-refractivity contribution < 1.29 is 21.7 Å². The van der Waals surface area contributed by atoms with Crippen LogP contribution in [0.3, 0.4) is 0 Å². The molecule has 0 aromatic heterocycles. The Morgan fingerprint density at radius 2 is 1.32 bits per heavy atom. The zero-order chi connectivity index (χ0) is 12.4. The summed E-state index contributed by atoms with van der Waals surface area (Å²) in [4.78, 5) is 0. The molecule has 1 aliphatic carbocycles. The van der Waals surface area contributed by atoms with Crippen LogP contribution < -0.4 is 0 Å². The van der Waals surface area contributed by atoms with E-state index in [1.807, 2.05) is 0 Å². The molecule has 0 atom stereocenters. The van der Waals surface area contributed by atoms with Crippen LogP contribution >= 0.6 is 0 Å². The quantitative estimate of drug-likeness (QED) is 0.697. The number of hydrogen-bond acceptors (Lipinski definition) is 0. The second kappa shape index (κ2) is 5.73. The SMILES string of the molecule is CC1(c2ccccc2-c2ccccc2)C=CC=C1.[Ti]. The summed E-state index contributed by atoms with van der Waals surface area (Å²) in [6.45, 7) is 2.26. The Balaban J connectivity index is 0.00000133. The van der Waals surface area contributed by atoms with Crippen LogP contribution in [0.15, 0.2) is 78.9 Å². The van der Waals surface area contributed by atoms with E-state index >= 15 is 0 Å². The van der Waals surface area contributed by atoms with E-state index in [1.54, 1.807) is 0 Å². The molecule has 0 N–H and O–H groups in total. The average molecular weight is 280 g/mol. The summed E-state index contributed by atoms with van der Waals surface area (Å²) in [5.41, 5.74) is 3.98. The summed E-state index contributed by atoms with van der Waals surface area (Å²) in [6, 6.07) is 19.2. The van der Waals surface area contributed by atoms with Gasteiger partial charge in [-0.2, -0.15) is 0 Å². The van der Waals surface area contributed by atoms with Crippen molar-refractivity contribution in [2.75, 3.05) is 0 Å².